The minimum Gasteiger partial charge on any atom is -0.452 e. The fourth-order valence-corrected chi connectivity index (χ4v) is 4.81. The Balaban J connectivity index is 1.44. The lowest BCUT2D eigenvalue weighted by molar-refractivity contribution is -0.135. The molecule has 0 aromatic heterocycles. The first-order valence-corrected chi connectivity index (χ1v) is 12.8. The Hall–Kier alpha value is -2.07. The number of esters is 1. The Kier molecular flexibility index (Phi) is 7.99. The first-order valence-electron chi connectivity index (χ1n) is 9.60. The number of thioether (sulfide) groups is 1. The molecule has 166 valence electrons. The van der Waals surface area contributed by atoms with E-state index < -0.39 is 16.0 Å². The van der Waals surface area contributed by atoms with E-state index in [1.165, 1.54) is 9.21 Å². The number of carbonyl (C=O) groups excluding carboxylic acids is 2. The largest absolute Gasteiger partial charge is 0.452 e. The van der Waals surface area contributed by atoms with Gasteiger partial charge in [-0.05, 0) is 42.0 Å². The molecule has 7 nitrogen and oxygen atoms in total. The third-order valence-electron chi connectivity index (χ3n) is 4.80. The van der Waals surface area contributed by atoms with Gasteiger partial charge in [0.05, 0.1) is 11.8 Å². The average molecular weight is 483 g/mol. The summed E-state index contributed by atoms with van der Waals surface area (Å²) in [6.07, 6.45) is 1.15. The van der Waals surface area contributed by atoms with Crippen LogP contribution in [0, 0.1) is 0 Å². The standard InChI is InChI=1S/C21H23ClN2O5S2/c1-31(27,28)24-12-10-23(11-13-24)20(25)14-29-21(26)17-4-2-16(3-5-17)15-30-19-8-6-18(22)7-9-19/h2-9H,10-15H2,1H3. The molecule has 2 aromatic carbocycles. The summed E-state index contributed by atoms with van der Waals surface area (Å²) in [5.74, 6) is -0.160. The number of hydrogen-bond acceptors (Lipinski definition) is 6. The first kappa shape index (κ1) is 23.6. The molecule has 0 radical (unpaired) electrons. The minimum atomic E-state index is -3.26. The predicted octanol–water partition coefficient (Wildman–Crippen LogP) is 2.89. The number of carbonyl (C=O) groups is 2. The zero-order valence-corrected chi connectivity index (χ0v) is 19.4. The van der Waals surface area contributed by atoms with Gasteiger partial charge in [0.1, 0.15) is 0 Å². The summed E-state index contributed by atoms with van der Waals surface area (Å²) in [6.45, 7) is 0.681. The summed E-state index contributed by atoms with van der Waals surface area (Å²) >= 11 is 7.55. The van der Waals surface area contributed by atoms with E-state index in [4.69, 9.17) is 16.3 Å². The highest BCUT2D eigenvalue weighted by molar-refractivity contribution is 7.98. The van der Waals surface area contributed by atoms with E-state index in [-0.39, 0.29) is 38.7 Å². The van der Waals surface area contributed by atoms with E-state index in [1.807, 2.05) is 36.4 Å². The van der Waals surface area contributed by atoms with Gasteiger partial charge in [0.15, 0.2) is 6.61 Å². The van der Waals surface area contributed by atoms with Gasteiger partial charge in [0.2, 0.25) is 10.0 Å². The minimum absolute atomic E-state index is 0.244. The highest BCUT2D eigenvalue weighted by Gasteiger charge is 2.26. The van der Waals surface area contributed by atoms with Gasteiger partial charge in [-0.15, -0.1) is 11.8 Å². The van der Waals surface area contributed by atoms with Gasteiger partial charge in [-0.2, -0.15) is 4.31 Å². The maximum Gasteiger partial charge on any atom is 0.338 e. The van der Waals surface area contributed by atoms with Crippen LogP contribution >= 0.6 is 23.4 Å². The second kappa shape index (κ2) is 10.5. The van der Waals surface area contributed by atoms with Crippen LogP contribution in [0.25, 0.3) is 0 Å². The van der Waals surface area contributed by atoms with Crippen LogP contribution < -0.4 is 0 Å². The van der Waals surface area contributed by atoms with Crippen LogP contribution in [0.1, 0.15) is 15.9 Å². The molecular formula is C21H23ClN2O5S2. The van der Waals surface area contributed by atoms with E-state index in [2.05, 4.69) is 0 Å². The lowest BCUT2D eigenvalue weighted by atomic mass is 10.1. The maximum absolute atomic E-state index is 12.3. The zero-order chi connectivity index (χ0) is 22.4. The highest BCUT2D eigenvalue weighted by Crippen LogP contribution is 2.24. The molecule has 0 unspecified atom stereocenters. The third kappa shape index (κ3) is 6.96. The monoisotopic (exact) mass is 482 g/mol. The van der Waals surface area contributed by atoms with Gasteiger partial charge in [-0.25, -0.2) is 13.2 Å². The summed E-state index contributed by atoms with van der Waals surface area (Å²) < 4.78 is 29.5. The van der Waals surface area contributed by atoms with Crippen molar-refractivity contribution in [3.63, 3.8) is 0 Å². The quantitative estimate of drug-likeness (QED) is 0.445. The van der Waals surface area contributed by atoms with Gasteiger partial charge in [0, 0.05) is 41.8 Å². The topological polar surface area (TPSA) is 84.0 Å². The summed E-state index contributed by atoms with van der Waals surface area (Å²) in [4.78, 5) is 27.1. The third-order valence-corrected chi connectivity index (χ3v) is 7.43. The van der Waals surface area contributed by atoms with E-state index in [0.29, 0.717) is 10.6 Å². The summed E-state index contributed by atoms with van der Waals surface area (Å²) in [5.41, 5.74) is 1.42. The van der Waals surface area contributed by atoms with Crippen molar-refractivity contribution >= 4 is 45.3 Å². The van der Waals surface area contributed by atoms with Crippen LogP contribution in [-0.2, 0) is 25.3 Å². The first-order chi connectivity index (χ1) is 14.7. The molecule has 1 aliphatic rings. The Morgan fingerprint density at radius 1 is 1.00 bits per heavy atom. The number of halogens is 1. The molecule has 1 saturated heterocycles. The summed E-state index contributed by atoms with van der Waals surface area (Å²) in [7, 11) is -3.26. The molecule has 0 saturated carbocycles. The van der Waals surface area contributed by atoms with Crippen LogP contribution in [0.3, 0.4) is 0 Å². The molecule has 1 amide bonds. The molecular weight excluding hydrogens is 460 g/mol. The van der Waals surface area contributed by atoms with Crippen molar-refractivity contribution in [2.45, 2.75) is 10.6 Å². The number of benzene rings is 2. The number of rotatable bonds is 7. The van der Waals surface area contributed by atoms with Crippen molar-refractivity contribution in [2.75, 3.05) is 39.0 Å². The molecule has 3 rings (SSSR count). The Bertz CT molecular complexity index is 1020. The molecule has 31 heavy (non-hydrogen) atoms. The van der Waals surface area contributed by atoms with Crippen molar-refractivity contribution < 1.29 is 22.7 Å². The second-order valence-electron chi connectivity index (χ2n) is 7.06. The maximum atomic E-state index is 12.3. The molecule has 2 aromatic rings. The molecule has 0 atom stereocenters. The summed E-state index contributed by atoms with van der Waals surface area (Å²) in [6, 6.07) is 14.7. The van der Waals surface area contributed by atoms with E-state index in [9.17, 15) is 18.0 Å². The molecule has 0 aliphatic carbocycles. The number of sulfonamides is 1. The average Bonchev–Trinajstić information content (AvgIpc) is 2.76. The molecule has 1 aliphatic heterocycles. The summed E-state index contributed by atoms with van der Waals surface area (Å²) in [5, 5.41) is 0.696. The van der Waals surface area contributed by atoms with Crippen molar-refractivity contribution in [2.24, 2.45) is 0 Å². The van der Waals surface area contributed by atoms with Crippen molar-refractivity contribution in [3.05, 3.63) is 64.7 Å². The SMILES string of the molecule is CS(=O)(=O)N1CCN(C(=O)COC(=O)c2ccc(CSc3ccc(Cl)cc3)cc2)CC1. The number of piperazine rings is 1. The highest BCUT2D eigenvalue weighted by atomic mass is 35.5. The Morgan fingerprint density at radius 3 is 2.19 bits per heavy atom. The van der Waals surface area contributed by atoms with E-state index >= 15 is 0 Å². The number of amides is 1. The Labute approximate surface area is 191 Å². The smallest absolute Gasteiger partial charge is 0.338 e. The lowest BCUT2D eigenvalue weighted by Crippen LogP contribution is -2.51. The predicted molar refractivity (Wildman–Crippen MR) is 121 cm³/mol. The van der Waals surface area contributed by atoms with Crippen molar-refractivity contribution in [3.8, 4) is 0 Å². The number of hydrogen-bond donors (Lipinski definition) is 0. The van der Waals surface area contributed by atoms with Gasteiger partial charge in [-0.1, -0.05) is 23.7 Å². The van der Waals surface area contributed by atoms with Crippen LogP contribution in [0.2, 0.25) is 5.02 Å². The number of ether oxygens (including phenoxy) is 1. The van der Waals surface area contributed by atoms with Gasteiger partial charge >= 0.3 is 5.97 Å². The van der Waals surface area contributed by atoms with Crippen molar-refractivity contribution in [1.82, 2.24) is 9.21 Å². The normalized spacial score (nSPS) is 15.0. The molecule has 0 N–H and O–H groups in total. The van der Waals surface area contributed by atoms with Crippen molar-refractivity contribution in [1.29, 1.82) is 0 Å². The molecule has 10 heteroatoms. The van der Waals surface area contributed by atoms with Gasteiger partial charge in [-0.3, -0.25) is 4.79 Å². The van der Waals surface area contributed by atoms with Crippen LogP contribution in [-0.4, -0.2) is 68.5 Å². The van der Waals surface area contributed by atoms with Gasteiger partial charge in [0.25, 0.3) is 5.91 Å². The number of nitrogens with zero attached hydrogens (tertiary/aromatic N) is 2. The fourth-order valence-electron chi connectivity index (χ4n) is 3.01. The molecule has 0 bridgehead atoms. The van der Waals surface area contributed by atoms with Crippen LogP contribution in [0.15, 0.2) is 53.4 Å². The Morgan fingerprint density at radius 2 is 1.61 bits per heavy atom. The second-order valence-corrected chi connectivity index (χ2v) is 10.5. The van der Waals surface area contributed by atoms with Crippen LogP contribution in [0.4, 0.5) is 0 Å². The van der Waals surface area contributed by atoms with Crippen LogP contribution in [0.5, 0.6) is 0 Å². The van der Waals surface area contributed by atoms with Gasteiger partial charge < -0.3 is 9.64 Å². The van der Waals surface area contributed by atoms with E-state index in [0.717, 1.165) is 22.5 Å². The zero-order valence-electron chi connectivity index (χ0n) is 17.0. The fraction of sp³-hybridized carbons (Fsp3) is 0.333. The molecule has 0 spiro atoms. The molecule has 1 fully saturated rings. The van der Waals surface area contributed by atoms with E-state index in [1.54, 1.807) is 23.9 Å². The lowest BCUT2D eigenvalue weighted by Gasteiger charge is -2.33. The molecule has 1 heterocycles.